The summed E-state index contributed by atoms with van der Waals surface area (Å²) in [6.07, 6.45) is 3.25. The zero-order valence-corrected chi connectivity index (χ0v) is 13.4. The van der Waals surface area contributed by atoms with Crippen molar-refractivity contribution in [1.29, 1.82) is 0 Å². The van der Waals surface area contributed by atoms with Gasteiger partial charge in [0.25, 0.3) is 5.91 Å². The minimum Gasteiger partial charge on any atom is -0.483 e. The molecule has 0 saturated carbocycles. The van der Waals surface area contributed by atoms with Crippen LogP contribution in [0.15, 0.2) is 47.1 Å². The average molecular weight is 317 g/mol. The Bertz CT molecular complexity index is 580. The van der Waals surface area contributed by atoms with Crippen molar-refractivity contribution in [2.45, 2.75) is 26.4 Å². The van der Waals surface area contributed by atoms with Gasteiger partial charge in [0, 0.05) is 13.2 Å². The van der Waals surface area contributed by atoms with Crippen LogP contribution in [-0.2, 0) is 22.6 Å². The van der Waals surface area contributed by atoms with Crippen molar-refractivity contribution in [2.24, 2.45) is 0 Å². The van der Waals surface area contributed by atoms with E-state index in [4.69, 9.17) is 13.9 Å². The standard InChI is InChI=1S/C18H23NO4/c1-2-15-7-3-4-9-17(15)23-14-18(20)19-10-6-11-21-13-16-8-5-12-22-16/h3-5,7-9,12H,2,6,10-11,13-14H2,1H3,(H,19,20). The quantitative estimate of drug-likeness (QED) is 0.684. The Labute approximate surface area is 136 Å². The fourth-order valence-corrected chi connectivity index (χ4v) is 2.10. The molecule has 0 aliphatic heterocycles. The van der Waals surface area contributed by atoms with Crippen LogP contribution in [0.4, 0.5) is 0 Å². The van der Waals surface area contributed by atoms with Gasteiger partial charge in [-0.05, 0) is 36.6 Å². The number of furan rings is 1. The second-order valence-electron chi connectivity index (χ2n) is 5.09. The van der Waals surface area contributed by atoms with E-state index in [1.54, 1.807) is 6.26 Å². The summed E-state index contributed by atoms with van der Waals surface area (Å²) in [6.45, 7) is 3.68. The fraction of sp³-hybridized carbons (Fsp3) is 0.389. The molecule has 0 aliphatic carbocycles. The van der Waals surface area contributed by atoms with E-state index in [1.807, 2.05) is 36.4 Å². The number of rotatable bonds is 10. The molecule has 2 rings (SSSR count). The molecule has 0 radical (unpaired) electrons. The highest BCUT2D eigenvalue weighted by Crippen LogP contribution is 2.17. The van der Waals surface area contributed by atoms with Crippen LogP contribution in [0.5, 0.6) is 5.75 Å². The second-order valence-corrected chi connectivity index (χ2v) is 5.09. The van der Waals surface area contributed by atoms with E-state index in [1.165, 1.54) is 0 Å². The van der Waals surface area contributed by atoms with E-state index in [9.17, 15) is 4.79 Å². The number of para-hydroxylation sites is 1. The summed E-state index contributed by atoms with van der Waals surface area (Å²) in [4.78, 5) is 11.7. The van der Waals surface area contributed by atoms with Crippen molar-refractivity contribution in [3.63, 3.8) is 0 Å². The van der Waals surface area contributed by atoms with E-state index in [2.05, 4.69) is 12.2 Å². The maximum absolute atomic E-state index is 11.7. The highest BCUT2D eigenvalue weighted by molar-refractivity contribution is 5.77. The minimum atomic E-state index is -0.123. The molecular formula is C18H23NO4. The first-order valence-corrected chi connectivity index (χ1v) is 7.87. The third kappa shape index (κ3) is 6.16. The summed E-state index contributed by atoms with van der Waals surface area (Å²) >= 11 is 0. The highest BCUT2D eigenvalue weighted by atomic mass is 16.5. The normalized spacial score (nSPS) is 10.5. The summed E-state index contributed by atoms with van der Waals surface area (Å²) in [7, 11) is 0. The molecule has 1 amide bonds. The number of amides is 1. The van der Waals surface area contributed by atoms with Crippen LogP contribution < -0.4 is 10.1 Å². The maximum Gasteiger partial charge on any atom is 0.257 e. The lowest BCUT2D eigenvalue weighted by Crippen LogP contribution is -2.30. The molecule has 0 aliphatic rings. The molecule has 23 heavy (non-hydrogen) atoms. The highest BCUT2D eigenvalue weighted by Gasteiger charge is 2.05. The van der Waals surface area contributed by atoms with Gasteiger partial charge in [-0.1, -0.05) is 25.1 Å². The number of benzene rings is 1. The third-order valence-electron chi connectivity index (χ3n) is 3.32. The molecule has 0 saturated heterocycles. The van der Waals surface area contributed by atoms with Crippen molar-refractivity contribution in [2.75, 3.05) is 19.8 Å². The molecule has 0 fully saturated rings. The fourth-order valence-electron chi connectivity index (χ4n) is 2.10. The van der Waals surface area contributed by atoms with Crippen LogP contribution in [0.2, 0.25) is 0 Å². The van der Waals surface area contributed by atoms with Gasteiger partial charge in [-0.2, -0.15) is 0 Å². The van der Waals surface area contributed by atoms with Crippen LogP contribution >= 0.6 is 0 Å². The Morgan fingerprint density at radius 3 is 2.87 bits per heavy atom. The maximum atomic E-state index is 11.7. The number of nitrogens with one attached hydrogen (secondary N) is 1. The van der Waals surface area contributed by atoms with E-state index < -0.39 is 0 Å². The van der Waals surface area contributed by atoms with E-state index >= 15 is 0 Å². The van der Waals surface area contributed by atoms with Crippen molar-refractivity contribution < 1.29 is 18.7 Å². The number of ether oxygens (including phenoxy) is 2. The predicted octanol–water partition coefficient (Wildman–Crippen LogP) is 2.94. The Balaban J connectivity index is 1.55. The number of carbonyl (C=O) groups excluding carboxylic acids is 1. The van der Waals surface area contributed by atoms with Crippen molar-refractivity contribution >= 4 is 5.91 Å². The summed E-state index contributed by atoms with van der Waals surface area (Å²) in [5.74, 6) is 1.45. The largest absolute Gasteiger partial charge is 0.483 e. The Morgan fingerprint density at radius 1 is 1.22 bits per heavy atom. The van der Waals surface area contributed by atoms with Gasteiger partial charge >= 0.3 is 0 Å². The van der Waals surface area contributed by atoms with Gasteiger partial charge in [-0.3, -0.25) is 4.79 Å². The molecule has 1 aromatic heterocycles. The first-order valence-electron chi connectivity index (χ1n) is 7.87. The van der Waals surface area contributed by atoms with Gasteiger partial charge < -0.3 is 19.2 Å². The third-order valence-corrected chi connectivity index (χ3v) is 3.32. The smallest absolute Gasteiger partial charge is 0.257 e. The molecule has 0 bridgehead atoms. The zero-order chi connectivity index (χ0) is 16.3. The molecule has 0 unspecified atom stereocenters. The van der Waals surface area contributed by atoms with Gasteiger partial charge in [0.1, 0.15) is 18.1 Å². The lowest BCUT2D eigenvalue weighted by molar-refractivity contribution is -0.123. The van der Waals surface area contributed by atoms with Crippen molar-refractivity contribution in [3.8, 4) is 5.75 Å². The zero-order valence-electron chi connectivity index (χ0n) is 13.4. The van der Waals surface area contributed by atoms with Gasteiger partial charge in [-0.15, -0.1) is 0 Å². The first-order chi connectivity index (χ1) is 11.3. The monoisotopic (exact) mass is 317 g/mol. The van der Waals surface area contributed by atoms with Gasteiger partial charge in [-0.25, -0.2) is 0 Å². The summed E-state index contributed by atoms with van der Waals surface area (Å²) < 4.78 is 16.2. The van der Waals surface area contributed by atoms with Crippen molar-refractivity contribution in [3.05, 3.63) is 54.0 Å². The SMILES string of the molecule is CCc1ccccc1OCC(=O)NCCCOCc1ccco1. The topological polar surface area (TPSA) is 60.7 Å². The van der Waals surface area contributed by atoms with Gasteiger partial charge in [0.2, 0.25) is 0 Å². The number of carbonyl (C=O) groups is 1. The average Bonchev–Trinajstić information content (AvgIpc) is 3.09. The number of hydrogen-bond donors (Lipinski definition) is 1. The van der Waals surface area contributed by atoms with E-state index in [-0.39, 0.29) is 12.5 Å². The summed E-state index contributed by atoms with van der Waals surface area (Å²) in [6, 6.07) is 11.5. The lowest BCUT2D eigenvalue weighted by atomic mass is 10.1. The molecule has 0 atom stereocenters. The van der Waals surface area contributed by atoms with Gasteiger partial charge in [0.05, 0.1) is 6.26 Å². The molecule has 1 heterocycles. The second kappa shape index (κ2) is 9.69. The summed E-state index contributed by atoms with van der Waals surface area (Å²) in [5.41, 5.74) is 1.10. The van der Waals surface area contributed by atoms with E-state index in [0.717, 1.165) is 29.9 Å². The predicted molar refractivity (Wildman–Crippen MR) is 87.3 cm³/mol. The molecule has 1 N–H and O–H groups in total. The molecule has 1 aromatic carbocycles. The molecule has 124 valence electrons. The van der Waals surface area contributed by atoms with Crippen LogP contribution in [0.1, 0.15) is 24.7 Å². The molecule has 2 aromatic rings. The van der Waals surface area contributed by atoms with Crippen LogP contribution in [0, 0.1) is 0 Å². The van der Waals surface area contributed by atoms with Crippen molar-refractivity contribution in [1.82, 2.24) is 5.32 Å². The first kappa shape index (κ1) is 17.1. The van der Waals surface area contributed by atoms with Crippen LogP contribution in [0.3, 0.4) is 0 Å². The lowest BCUT2D eigenvalue weighted by Gasteiger charge is -2.10. The van der Waals surface area contributed by atoms with Crippen LogP contribution in [-0.4, -0.2) is 25.7 Å². The Kier molecular flexibility index (Phi) is 7.20. The Morgan fingerprint density at radius 2 is 2.09 bits per heavy atom. The molecular weight excluding hydrogens is 294 g/mol. The summed E-state index contributed by atoms with van der Waals surface area (Å²) in [5, 5.41) is 2.82. The molecule has 5 nitrogen and oxygen atoms in total. The molecule has 5 heteroatoms. The number of aryl methyl sites for hydroxylation is 1. The Hall–Kier alpha value is -2.27. The number of hydrogen-bond acceptors (Lipinski definition) is 4. The van der Waals surface area contributed by atoms with Gasteiger partial charge in [0.15, 0.2) is 6.61 Å². The van der Waals surface area contributed by atoms with Crippen LogP contribution in [0.25, 0.3) is 0 Å². The molecule has 0 spiro atoms. The minimum absolute atomic E-state index is 0.0320. The van der Waals surface area contributed by atoms with E-state index in [0.29, 0.717) is 19.8 Å².